The molecule has 0 aromatic rings. The first kappa shape index (κ1) is 10.4. The Morgan fingerprint density at radius 3 is 2.86 bits per heavy atom. The van der Waals surface area contributed by atoms with Crippen LogP contribution in [0.15, 0.2) is 0 Å². The van der Waals surface area contributed by atoms with Crippen molar-refractivity contribution in [3.05, 3.63) is 0 Å². The first-order valence-corrected chi connectivity index (χ1v) is 5.59. The molecular formula is C11H21NO2. The average Bonchev–Trinajstić information content (AvgIpc) is 2.63. The molecule has 0 N–H and O–H groups in total. The van der Waals surface area contributed by atoms with Crippen molar-refractivity contribution >= 4 is 0 Å². The molecule has 2 fully saturated rings. The number of hydrogen-bond donors (Lipinski definition) is 0. The lowest BCUT2D eigenvalue weighted by atomic mass is 9.92. The van der Waals surface area contributed by atoms with Gasteiger partial charge in [-0.15, -0.1) is 0 Å². The molecule has 3 heteroatoms. The van der Waals surface area contributed by atoms with E-state index < -0.39 is 0 Å². The topological polar surface area (TPSA) is 21.7 Å². The first-order chi connectivity index (χ1) is 6.65. The summed E-state index contributed by atoms with van der Waals surface area (Å²) in [6, 6.07) is 0. The minimum atomic E-state index is 0.185. The van der Waals surface area contributed by atoms with Gasteiger partial charge in [-0.1, -0.05) is 0 Å². The Morgan fingerprint density at radius 2 is 2.29 bits per heavy atom. The standard InChI is InChI=1S/C11H21NO2/c1-9(2)14-10-7-13-8-11(10)5-4-6-12(11)3/h9-10H,4-8H2,1-3H3. The fourth-order valence-corrected chi connectivity index (χ4v) is 2.71. The summed E-state index contributed by atoms with van der Waals surface area (Å²) in [7, 11) is 2.19. The Kier molecular flexibility index (Phi) is 2.82. The normalized spacial score (nSPS) is 39.0. The van der Waals surface area contributed by atoms with E-state index in [4.69, 9.17) is 9.47 Å². The minimum absolute atomic E-state index is 0.185. The van der Waals surface area contributed by atoms with Gasteiger partial charge in [-0.2, -0.15) is 0 Å². The molecular weight excluding hydrogens is 178 g/mol. The summed E-state index contributed by atoms with van der Waals surface area (Å²) < 4.78 is 11.6. The van der Waals surface area contributed by atoms with E-state index in [-0.39, 0.29) is 11.6 Å². The van der Waals surface area contributed by atoms with Crippen LogP contribution in [-0.2, 0) is 9.47 Å². The molecule has 0 aliphatic carbocycles. The van der Waals surface area contributed by atoms with Gasteiger partial charge in [0.05, 0.1) is 24.9 Å². The largest absolute Gasteiger partial charge is 0.377 e. The highest BCUT2D eigenvalue weighted by Gasteiger charge is 2.50. The summed E-state index contributed by atoms with van der Waals surface area (Å²) in [4.78, 5) is 2.42. The fraction of sp³-hybridized carbons (Fsp3) is 1.00. The van der Waals surface area contributed by atoms with Crippen LogP contribution in [0.3, 0.4) is 0 Å². The van der Waals surface area contributed by atoms with Crippen molar-refractivity contribution in [1.29, 1.82) is 0 Å². The Hall–Kier alpha value is -0.120. The minimum Gasteiger partial charge on any atom is -0.377 e. The van der Waals surface area contributed by atoms with Crippen molar-refractivity contribution in [2.24, 2.45) is 0 Å². The molecule has 82 valence electrons. The van der Waals surface area contributed by atoms with Gasteiger partial charge >= 0.3 is 0 Å². The van der Waals surface area contributed by atoms with Gasteiger partial charge in [0, 0.05) is 0 Å². The van der Waals surface area contributed by atoms with Crippen LogP contribution in [0.5, 0.6) is 0 Å². The Balaban J connectivity index is 2.08. The molecule has 3 nitrogen and oxygen atoms in total. The number of rotatable bonds is 2. The molecule has 0 saturated carbocycles. The van der Waals surface area contributed by atoms with E-state index in [1.807, 2.05) is 0 Å². The molecule has 2 aliphatic heterocycles. The zero-order valence-corrected chi connectivity index (χ0v) is 9.45. The predicted octanol–water partition coefficient (Wildman–Crippen LogP) is 1.27. The van der Waals surface area contributed by atoms with Crippen LogP contribution in [0.2, 0.25) is 0 Å². The van der Waals surface area contributed by atoms with E-state index in [2.05, 4.69) is 25.8 Å². The third-order valence-corrected chi connectivity index (χ3v) is 3.52. The van der Waals surface area contributed by atoms with Crippen molar-refractivity contribution in [3.8, 4) is 0 Å². The molecule has 2 atom stereocenters. The molecule has 14 heavy (non-hydrogen) atoms. The fourth-order valence-electron chi connectivity index (χ4n) is 2.71. The molecule has 0 radical (unpaired) electrons. The van der Waals surface area contributed by atoms with Crippen molar-refractivity contribution < 1.29 is 9.47 Å². The third-order valence-electron chi connectivity index (χ3n) is 3.52. The Bertz CT molecular complexity index is 203. The van der Waals surface area contributed by atoms with E-state index in [9.17, 15) is 0 Å². The van der Waals surface area contributed by atoms with Gasteiger partial charge in [0.2, 0.25) is 0 Å². The summed E-state index contributed by atoms with van der Waals surface area (Å²) in [5.74, 6) is 0. The summed E-state index contributed by atoms with van der Waals surface area (Å²) in [6.07, 6.45) is 3.07. The van der Waals surface area contributed by atoms with Gasteiger partial charge in [-0.3, -0.25) is 4.90 Å². The molecule has 0 amide bonds. The van der Waals surface area contributed by atoms with Gasteiger partial charge in [-0.25, -0.2) is 0 Å². The van der Waals surface area contributed by atoms with Crippen molar-refractivity contribution in [2.75, 3.05) is 26.8 Å². The lowest BCUT2D eigenvalue weighted by Gasteiger charge is -2.36. The smallest absolute Gasteiger partial charge is 0.102 e. The van der Waals surface area contributed by atoms with Crippen molar-refractivity contribution in [1.82, 2.24) is 4.90 Å². The van der Waals surface area contributed by atoms with Gasteiger partial charge in [0.1, 0.15) is 6.10 Å². The summed E-state index contributed by atoms with van der Waals surface area (Å²) in [6.45, 7) is 6.99. The summed E-state index contributed by atoms with van der Waals surface area (Å²) in [5, 5.41) is 0. The second-order valence-corrected chi connectivity index (χ2v) is 4.82. The molecule has 2 rings (SSSR count). The third kappa shape index (κ3) is 1.58. The van der Waals surface area contributed by atoms with Crippen LogP contribution >= 0.6 is 0 Å². The molecule has 1 spiro atoms. The van der Waals surface area contributed by atoms with Crippen LogP contribution in [0.1, 0.15) is 26.7 Å². The maximum Gasteiger partial charge on any atom is 0.102 e. The van der Waals surface area contributed by atoms with E-state index in [1.54, 1.807) is 0 Å². The van der Waals surface area contributed by atoms with Crippen LogP contribution in [0.25, 0.3) is 0 Å². The summed E-state index contributed by atoms with van der Waals surface area (Å²) in [5.41, 5.74) is 0.185. The zero-order chi connectivity index (χ0) is 10.2. The number of hydrogen-bond acceptors (Lipinski definition) is 3. The van der Waals surface area contributed by atoms with Gasteiger partial charge in [-0.05, 0) is 40.3 Å². The Morgan fingerprint density at radius 1 is 1.50 bits per heavy atom. The lowest BCUT2D eigenvalue weighted by Crippen LogP contribution is -2.52. The van der Waals surface area contributed by atoms with Crippen molar-refractivity contribution in [2.45, 2.75) is 44.4 Å². The van der Waals surface area contributed by atoms with Crippen LogP contribution in [0, 0.1) is 0 Å². The average molecular weight is 199 g/mol. The van der Waals surface area contributed by atoms with E-state index in [0.29, 0.717) is 6.10 Å². The van der Waals surface area contributed by atoms with Gasteiger partial charge in [0.25, 0.3) is 0 Å². The van der Waals surface area contributed by atoms with Gasteiger partial charge < -0.3 is 9.47 Å². The number of likely N-dealkylation sites (tertiary alicyclic amines) is 1. The van der Waals surface area contributed by atoms with Gasteiger partial charge in [0.15, 0.2) is 0 Å². The van der Waals surface area contributed by atoms with E-state index in [1.165, 1.54) is 19.4 Å². The Labute approximate surface area is 86.4 Å². The highest BCUT2D eigenvalue weighted by molar-refractivity contribution is 5.04. The van der Waals surface area contributed by atoms with Crippen LogP contribution in [-0.4, -0.2) is 49.5 Å². The lowest BCUT2D eigenvalue weighted by molar-refractivity contribution is -0.0507. The molecule has 0 bridgehead atoms. The SMILES string of the molecule is CC(C)OC1COCC12CCCN2C. The number of likely N-dealkylation sites (N-methyl/N-ethyl adjacent to an activating group) is 1. The van der Waals surface area contributed by atoms with E-state index >= 15 is 0 Å². The number of nitrogens with zero attached hydrogens (tertiary/aromatic N) is 1. The quantitative estimate of drug-likeness (QED) is 0.668. The van der Waals surface area contributed by atoms with E-state index in [0.717, 1.165) is 13.2 Å². The monoisotopic (exact) mass is 199 g/mol. The molecule has 0 aromatic carbocycles. The summed E-state index contributed by atoms with van der Waals surface area (Å²) >= 11 is 0. The van der Waals surface area contributed by atoms with Crippen molar-refractivity contribution in [3.63, 3.8) is 0 Å². The maximum absolute atomic E-state index is 5.95. The molecule has 2 aliphatic rings. The highest BCUT2D eigenvalue weighted by Crippen LogP contribution is 2.37. The van der Waals surface area contributed by atoms with Crippen LogP contribution in [0.4, 0.5) is 0 Å². The highest BCUT2D eigenvalue weighted by atomic mass is 16.6. The second kappa shape index (κ2) is 3.80. The first-order valence-electron chi connectivity index (χ1n) is 5.59. The molecule has 2 unspecified atom stereocenters. The molecule has 2 heterocycles. The predicted molar refractivity (Wildman–Crippen MR) is 55.4 cm³/mol. The molecule has 2 saturated heterocycles. The van der Waals surface area contributed by atoms with Crippen LogP contribution < -0.4 is 0 Å². The zero-order valence-electron chi connectivity index (χ0n) is 9.45. The molecule has 0 aromatic heterocycles. The maximum atomic E-state index is 5.95. The second-order valence-electron chi connectivity index (χ2n) is 4.82. The number of ether oxygens (including phenoxy) is 2.